The van der Waals surface area contributed by atoms with Gasteiger partial charge in [-0.05, 0) is 56.4 Å². The average Bonchev–Trinajstić information content (AvgIpc) is 2.52. The number of hydrogen-bond donors (Lipinski definition) is 2. The molecule has 1 aromatic rings. The maximum Gasteiger partial charge on any atom is 0.247 e. The maximum absolute atomic E-state index is 12.2. The molecule has 1 atom stereocenters. The van der Waals surface area contributed by atoms with E-state index in [9.17, 15) is 9.59 Å². The van der Waals surface area contributed by atoms with Crippen molar-refractivity contribution in [1.29, 1.82) is 0 Å². The number of anilines is 1. The van der Waals surface area contributed by atoms with Crippen molar-refractivity contribution in [3.05, 3.63) is 42.5 Å². The fourth-order valence-electron chi connectivity index (χ4n) is 2.99. The van der Waals surface area contributed by atoms with Crippen LogP contribution in [-0.4, -0.2) is 30.6 Å². The molecule has 0 aromatic heterocycles. The lowest BCUT2D eigenvalue weighted by Crippen LogP contribution is -2.39. The lowest BCUT2D eigenvalue weighted by molar-refractivity contribution is -0.121. The molecular weight excluding hydrogens is 304 g/mol. The summed E-state index contributed by atoms with van der Waals surface area (Å²) in [5.41, 5.74) is 1.42. The monoisotopic (exact) mass is 330 g/mol. The predicted octanol–water partition coefficient (Wildman–Crippen LogP) is 2.68. The highest BCUT2D eigenvalue weighted by atomic mass is 16.5. The topological polar surface area (TPSA) is 67.4 Å². The largest absolute Gasteiger partial charge is 0.376 e. The zero-order valence-corrected chi connectivity index (χ0v) is 14.4. The lowest BCUT2D eigenvalue weighted by Gasteiger charge is -2.35. The first kappa shape index (κ1) is 18.2. The molecule has 0 spiro atoms. The first-order valence-electron chi connectivity index (χ1n) is 8.31. The molecule has 1 aliphatic heterocycles. The van der Waals surface area contributed by atoms with Crippen LogP contribution in [0.5, 0.6) is 0 Å². The van der Waals surface area contributed by atoms with E-state index in [1.165, 1.54) is 6.08 Å². The number of carbonyl (C=O) groups is 2. The van der Waals surface area contributed by atoms with Crippen molar-refractivity contribution < 1.29 is 14.3 Å². The van der Waals surface area contributed by atoms with Gasteiger partial charge in [-0.25, -0.2) is 0 Å². The van der Waals surface area contributed by atoms with Crippen LogP contribution in [0.3, 0.4) is 0 Å². The SMILES string of the molecule is C=CC(=O)Nc1cccc(CC(=O)NCC2CCOC(C)(C)C2)c1. The van der Waals surface area contributed by atoms with Crippen LogP contribution in [-0.2, 0) is 20.7 Å². The number of benzene rings is 1. The van der Waals surface area contributed by atoms with Gasteiger partial charge in [0.05, 0.1) is 12.0 Å². The molecule has 0 aliphatic carbocycles. The van der Waals surface area contributed by atoms with E-state index in [0.717, 1.165) is 25.0 Å². The van der Waals surface area contributed by atoms with Crippen LogP contribution in [0.25, 0.3) is 0 Å². The molecule has 1 saturated heterocycles. The summed E-state index contributed by atoms with van der Waals surface area (Å²) in [6.45, 7) is 9.02. The van der Waals surface area contributed by atoms with Crippen LogP contribution < -0.4 is 10.6 Å². The number of rotatable bonds is 6. The molecule has 2 amide bonds. The van der Waals surface area contributed by atoms with Crippen molar-refractivity contribution in [3.8, 4) is 0 Å². The number of nitrogens with one attached hydrogen (secondary N) is 2. The normalized spacial score (nSPS) is 19.3. The summed E-state index contributed by atoms with van der Waals surface area (Å²) < 4.78 is 5.70. The molecule has 130 valence electrons. The fraction of sp³-hybridized carbons (Fsp3) is 0.474. The minimum absolute atomic E-state index is 0.00787. The highest BCUT2D eigenvalue weighted by Gasteiger charge is 2.28. The van der Waals surface area contributed by atoms with Gasteiger partial charge in [0.1, 0.15) is 0 Å². The minimum Gasteiger partial charge on any atom is -0.376 e. The highest BCUT2D eigenvalue weighted by Crippen LogP contribution is 2.27. The van der Waals surface area contributed by atoms with Crippen LogP contribution in [0.15, 0.2) is 36.9 Å². The van der Waals surface area contributed by atoms with E-state index >= 15 is 0 Å². The summed E-state index contributed by atoms with van der Waals surface area (Å²) in [5.74, 6) is 0.182. The first-order chi connectivity index (χ1) is 11.4. The molecule has 1 heterocycles. The molecule has 0 saturated carbocycles. The van der Waals surface area contributed by atoms with Gasteiger partial charge in [0, 0.05) is 18.8 Å². The Hall–Kier alpha value is -2.14. The van der Waals surface area contributed by atoms with Crippen LogP contribution in [0, 0.1) is 5.92 Å². The number of hydrogen-bond acceptors (Lipinski definition) is 3. The highest BCUT2D eigenvalue weighted by molar-refractivity contribution is 5.98. The summed E-state index contributed by atoms with van der Waals surface area (Å²) in [4.78, 5) is 23.5. The Bertz CT molecular complexity index is 610. The van der Waals surface area contributed by atoms with E-state index < -0.39 is 0 Å². The molecule has 2 rings (SSSR count). The van der Waals surface area contributed by atoms with Crippen molar-refractivity contribution >= 4 is 17.5 Å². The van der Waals surface area contributed by atoms with Crippen molar-refractivity contribution in [2.75, 3.05) is 18.5 Å². The van der Waals surface area contributed by atoms with Crippen LogP contribution >= 0.6 is 0 Å². The van der Waals surface area contributed by atoms with E-state index in [2.05, 4.69) is 31.1 Å². The van der Waals surface area contributed by atoms with E-state index in [1.807, 2.05) is 12.1 Å². The van der Waals surface area contributed by atoms with E-state index in [4.69, 9.17) is 4.74 Å². The summed E-state index contributed by atoms with van der Waals surface area (Å²) in [6.07, 6.45) is 3.45. The second kappa shape index (κ2) is 8.11. The average molecular weight is 330 g/mol. The van der Waals surface area contributed by atoms with Crippen molar-refractivity contribution in [1.82, 2.24) is 5.32 Å². The van der Waals surface area contributed by atoms with Gasteiger partial charge in [-0.15, -0.1) is 0 Å². The van der Waals surface area contributed by atoms with Crippen LogP contribution in [0.2, 0.25) is 0 Å². The molecule has 2 N–H and O–H groups in total. The van der Waals surface area contributed by atoms with Gasteiger partial charge in [-0.1, -0.05) is 18.7 Å². The van der Waals surface area contributed by atoms with Gasteiger partial charge < -0.3 is 15.4 Å². The van der Waals surface area contributed by atoms with E-state index in [-0.39, 0.29) is 17.4 Å². The van der Waals surface area contributed by atoms with Crippen LogP contribution in [0.1, 0.15) is 32.3 Å². The van der Waals surface area contributed by atoms with Crippen molar-refractivity contribution in [2.45, 2.75) is 38.7 Å². The summed E-state index contributed by atoms with van der Waals surface area (Å²) in [6, 6.07) is 7.29. The third-order valence-electron chi connectivity index (χ3n) is 4.13. The van der Waals surface area contributed by atoms with Crippen LogP contribution in [0.4, 0.5) is 5.69 Å². The summed E-state index contributed by atoms with van der Waals surface area (Å²) >= 11 is 0. The number of carbonyl (C=O) groups excluding carboxylic acids is 2. The second-order valence-electron chi connectivity index (χ2n) is 6.84. The molecule has 1 fully saturated rings. The van der Waals surface area contributed by atoms with Gasteiger partial charge in [0.15, 0.2) is 0 Å². The molecule has 1 unspecified atom stereocenters. The third kappa shape index (κ3) is 5.81. The molecule has 1 aromatic carbocycles. The van der Waals surface area contributed by atoms with Crippen molar-refractivity contribution in [3.63, 3.8) is 0 Å². The zero-order chi connectivity index (χ0) is 17.6. The summed E-state index contributed by atoms with van der Waals surface area (Å²) in [7, 11) is 0. The molecule has 1 aliphatic rings. The predicted molar refractivity (Wildman–Crippen MR) is 94.7 cm³/mol. The van der Waals surface area contributed by atoms with Gasteiger partial charge in [-0.3, -0.25) is 9.59 Å². The Morgan fingerprint density at radius 3 is 2.92 bits per heavy atom. The van der Waals surface area contributed by atoms with Gasteiger partial charge in [0.25, 0.3) is 0 Å². The number of ether oxygens (including phenoxy) is 1. The Kier molecular flexibility index (Phi) is 6.15. The lowest BCUT2D eigenvalue weighted by atomic mass is 9.88. The Morgan fingerprint density at radius 2 is 2.21 bits per heavy atom. The molecular formula is C19H26N2O3. The Morgan fingerprint density at radius 1 is 1.42 bits per heavy atom. The second-order valence-corrected chi connectivity index (χ2v) is 6.84. The molecule has 5 heteroatoms. The van der Waals surface area contributed by atoms with E-state index in [0.29, 0.717) is 24.6 Å². The fourth-order valence-corrected chi connectivity index (χ4v) is 2.99. The van der Waals surface area contributed by atoms with Gasteiger partial charge in [-0.2, -0.15) is 0 Å². The maximum atomic E-state index is 12.2. The summed E-state index contributed by atoms with van der Waals surface area (Å²) in [5, 5.41) is 5.71. The quantitative estimate of drug-likeness (QED) is 0.788. The minimum atomic E-state index is -0.265. The molecule has 0 bridgehead atoms. The molecule has 5 nitrogen and oxygen atoms in total. The Balaban J connectivity index is 1.83. The van der Waals surface area contributed by atoms with Gasteiger partial charge >= 0.3 is 0 Å². The smallest absolute Gasteiger partial charge is 0.247 e. The standard InChI is InChI=1S/C19H26N2O3/c1-4-17(22)21-16-7-5-6-14(10-16)11-18(23)20-13-15-8-9-24-19(2,3)12-15/h4-7,10,15H,1,8-9,11-13H2,2-3H3,(H,20,23)(H,21,22). The van der Waals surface area contributed by atoms with Gasteiger partial charge in [0.2, 0.25) is 11.8 Å². The van der Waals surface area contributed by atoms with E-state index in [1.54, 1.807) is 12.1 Å². The molecule has 24 heavy (non-hydrogen) atoms. The number of amides is 2. The first-order valence-corrected chi connectivity index (χ1v) is 8.31. The molecule has 0 radical (unpaired) electrons. The third-order valence-corrected chi connectivity index (χ3v) is 4.13. The Labute approximate surface area is 143 Å². The van der Waals surface area contributed by atoms with Crippen molar-refractivity contribution in [2.24, 2.45) is 5.92 Å². The zero-order valence-electron chi connectivity index (χ0n) is 14.4.